The van der Waals surface area contributed by atoms with Crippen molar-refractivity contribution in [3.8, 4) is 0 Å². The highest BCUT2D eigenvalue weighted by Gasteiger charge is 2.01. The molecule has 0 unspecified atom stereocenters. The first-order chi connectivity index (χ1) is 8.15. The van der Waals surface area contributed by atoms with Crippen LogP contribution in [0.2, 0.25) is 5.02 Å². The van der Waals surface area contributed by atoms with Crippen molar-refractivity contribution >= 4 is 29.1 Å². The second-order valence-electron chi connectivity index (χ2n) is 3.77. The Kier molecular flexibility index (Phi) is 3.44. The van der Waals surface area contributed by atoms with Gasteiger partial charge in [-0.05, 0) is 24.3 Å². The van der Waals surface area contributed by atoms with Crippen molar-refractivity contribution in [3.63, 3.8) is 0 Å². The fourth-order valence-corrected chi connectivity index (χ4v) is 1.54. The number of nitrogens with zero attached hydrogens (tertiary/aromatic N) is 3. The van der Waals surface area contributed by atoms with Crippen LogP contribution in [0.1, 0.15) is 0 Å². The molecule has 0 radical (unpaired) electrons. The molecule has 2 aromatic rings. The highest BCUT2D eigenvalue weighted by molar-refractivity contribution is 6.30. The zero-order valence-corrected chi connectivity index (χ0v) is 10.4. The Morgan fingerprint density at radius 2 is 2.06 bits per heavy atom. The summed E-state index contributed by atoms with van der Waals surface area (Å²) in [7, 11) is 3.80. The van der Waals surface area contributed by atoms with E-state index in [1.165, 1.54) is 0 Å². The summed E-state index contributed by atoms with van der Waals surface area (Å²) < 4.78 is 0. The molecule has 1 heterocycles. The largest absolute Gasteiger partial charge is 0.347 e. The van der Waals surface area contributed by atoms with E-state index in [1.54, 1.807) is 6.20 Å². The standard InChI is InChI=1S/C12H13ClN4/c1-17(2)12-14-7-6-11(16-12)15-10-5-3-4-9(13)8-10/h3-8H,1-2H3,(H,14,15,16). The molecule has 0 amide bonds. The van der Waals surface area contributed by atoms with Crippen LogP contribution < -0.4 is 10.2 Å². The molecule has 0 aliphatic rings. The van der Waals surface area contributed by atoms with Crippen LogP contribution in [-0.2, 0) is 0 Å². The summed E-state index contributed by atoms with van der Waals surface area (Å²) in [4.78, 5) is 10.4. The van der Waals surface area contributed by atoms with Crippen molar-refractivity contribution in [2.45, 2.75) is 0 Å². The molecule has 4 nitrogen and oxygen atoms in total. The zero-order chi connectivity index (χ0) is 12.3. The summed E-state index contributed by atoms with van der Waals surface area (Å²) in [6.45, 7) is 0. The average Bonchev–Trinajstić information content (AvgIpc) is 2.29. The van der Waals surface area contributed by atoms with Gasteiger partial charge in [-0.15, -0.1) is 0 Å². The fraction of sp³-hybridized carbons (Fsp3) is 0.167. The molecule has 0 spiro atoms. The molecule has 0 saturated carbocycles. The molecule has 0 bridgehead atoms. The Balaban J connectivity index is 2.21. The number of hydrogen-bond acceptors (Lipinski definition) is 4. The van der Waals surface area contributed by atoms with E-state index in [1.807, 2.05) is 49.3 Å². The van der Waals surface area contributed by atoms with Crippen molar-refractivity contribution in [1.29, 1.82) is 0 Å². The SMILES string of the molecule is CN(C)c1nccc(Nc2cccc(Cl)c2)n1. The van der Waals surface area contributed by atoms with E-state index in [0.717, 1.165) is 11.5 Å². The summed E-state index contributed by atoms with van der Waals surface area (Å²) in [5, 5.41) is 3.87. The smallest absolute Gasteiger partial charge is 0.226 e. The maximum absolute atomic E-state index is 5.91. The predicted molar refractivity (Wildman–Crippen MR) is 71.1 cm³/mol. The van der Waals surface area contributed by atoms with E-state index >= 15 is 0 Å². The summed E-state index contributed by atoms with van der Waals surface area (Å²) in [6.07, 6.45) is 1.72. The maximum Gasteiger partial charge on any atom is 0.226 e. The summed E-state index contributed by atoms with van der Waals surface area (Å²) in [5.74, 6) is 1.41. The van der Waals surface area contributed by atoms with Crippen molar-refractivity contribution in [1.82, 2.24) is 9.97 Å². The lowest BCUT2D eigenvalue weighted by atomic mass is 10.3. The van der Waals surface area contributed by atoms with Crippen molar-refractivity contribution in [3.05, 3.63) is 41.6 Å². The van der Waals surface area contributed by atoms with Crippen molar-refractivity contribution in [2.75, 3.05) is 24.3 Å². The van der Waals surface area contributed by atoms with E-state index < -0.39 is 0 Å². The maximum atomic E-state index is 5.91. The molecule has 0 aliphatic heterocycles. The van der Waals surface area contributed by atoms with E-state index in [-0.39, 0.29) is 0 Å². The molecule has 2 rings (SSSR count). The van der Waals surface area contributed by atoms with Gasteiger partial charge in [0.25, 0.3) is 0 Å². The molecule has 0 fully saturated rings. The quantitative estimate of drug-likeness (QED) is 0.907. The second-order valence-corrected chi connectivity index (χ2v) is 4.21. The lowest BCUT2D eigenvalue weighted by Crippen LogP contribution is -2.13. The topological polar surface area (TPSA) is 41.1 Å². The third-order valence-corrected chi connectivity index (χ3v) is 2.37. The molecule has 1 aromatic carbocycles. The van der Waals surface area contributed by atoms with Crippen LogP contribution in [0.4, 0.5) is 17.5 Å². The molecule has 1 aromatic heterocycles. The first-order valence-electron chi connectivity index (χ1n) is 5.18. The molecule has 17 heavy (non-hydrogen) atoms. The van der Waals surface area contributed by atoms with Gasteiger partial charge >= 0.3 is 0 Å². The third-order valence-electron chi connectivity index (χ3n) is 2.14. The summed E-state index contributed by atoms with van der Waals surface area (Å²) in [6, 6.07) is 9.31. The third kappa shape index (κ3) is 3.07. The van der Waals surface area contributed by atoms with E-state index in [2.05, 4.69) is 15.3 Å². The van der Waals surface area contributed by atoms with Crippen LogP contribution >= 0.6 is 11.6 Å². The van der Waals surface area contributed by atoms with Crippen LogP contribution in [0.25, 0.3) is 0 Å². The molecule has 0 aliphatic carbocycles. The Hall–Kier alpha value is -1.81. The minimum absolute atomic E-state index is 0.664. The second kappa shape index (κ2) is 5.01. The van der Waals surface area contributed by atoms with Gasteiger partial charge in [0.15, 0.2) is 0 Å². The van der Waals surface area contributed by atoms with Crippen LogP contribution in [0.3, 0.4) is 0 Å². The molecule has 0 saturated heterocycles. The van der Waals surface area contributed by atoms with Gasteiger partial charge in [-0.1, -0.05) is 17.7 Å². The molecule has 5 heteroatoms. The van der Waals surface area contributed by atoms with E-state index in [9.17, 15) is 0 Å². The molecular formula is C12H13ClN4. The molecule has 1 N–H and O–H groups in total. The number of nitrogens with one attached hydrogen (secondary N) is 1. The highest BCUT2D eigenvalue weighted by atomic mass is 35.5. The van der Waals surface area contributed by atoms with Crippen molar-refractivity contribution in [2.24, 2.45) is 0 Å². The van der Waals surface area contributed by atoms with Crippen LogP contribution in [0.15, 0.2) is 36.5 Å². The fourth-order valence-electron chi connectivity index (χ4n) is 1.35. The lowest BCUT2D eigenvalue weighted by molar-refractivity contribution is 1.00. The number of rotatable bonds is 3. The van der Waals surface area contributed by atoms with Gasteiger partial charge in [0.2, 0.25) is 5.95 Å². The number of benzene rings is 1. The van der Waals surface area contributed by atoms with Gasteiger partial charge in [0.05, 0.1) is 0 Å². The lowest BCUT2D eigenvalue weighted by Gasteiger charge is -2.11. The van der Waals surface area contributed by atoms with E-state index in [0.29, 0.717) is 11.0 Å². The highest BCUT2D eigenvalue weighted by Crippen LogP contribution is 2.19. The van der Waals surface area contributed by atoms with Gasteiger partial charge in [-0.3, -0.25) is 0 Å². The van der Waals surface area contributed by atoms with Gasteiger partial charge in [0, 0.05) is 31.0 Å². The van der Waals surface area contributed by atoms with Gasteiger partial charge in [-0.2, -0.15) is 4.98 Å². The Labute approximate surface area is 105 Å². The predicted octanol–water partition coefficient (Wildman–Crippen LogP) is 2.94. The number of hydrogen-bond donors (Lipinski definition) is 1. The van der Waals surface area contributed by atoms with Crippen LogP contribution in [0, 0.1) is 0 Å². The normalized spacial score (nSPS) is 10.1. The monoisotopic (exact) mass is 248 g/mol. The number of aromatic nitrogens is 2. The minimum Gasteiger partial charge on any atom is -0.347 e. The Bertz CT molecular complexity index is 513. The Morgan fingerprint density at radius 3 is 2.76 bits per heavy atom. The van der Waals surface area contributed by atoms with Gasteiger partial charge in [0.1, 0.15) is 5.82 Å². The van der Waals surface area contributed by atoms with Gasteiger partial charge in [-0.25, -0.2) is 4.98 Å². The summed E-state index contributed by atoms with van der Waals surface area (Å²) >= 11 is 5.91. The number of halogens is 1. The number of anilines is 3. The molecular weight excluding hydrogens is 236 g/mol. The first kappa shape index (κ1) is 11.7. The summed E-state index contributed by atoms with van der Waals surface area (Å²) in [5.41, 5.74) is 0.904. The minimum atomic E-state index is 0.664. The molecule has 0 atom stereocenters. The first-order valence-corrected chi connectivity index (χ1v) is 5.56. The Morgan fingerprint density at radius 1 is 1.24 bits per heavy atom. The van der Waals surface area contributed by atoms with Crippen LogP contribution in [0.5, 0.6) is 0 Å². The van der Waals surface area contributed by atoms with Crippen molar-refractivity contribution < 1.29 is 0 Å². The van der Waals surface area contributed by atoms with Gasteiger partial charge < -0.3 is 10.2 Å². The average molecular weight is 249 g/mol. The molecule has 88 valence electrons. The van der Waals surface area contributed by atoms with Crippen LogP contribution in [-0.4, -0.2) is 24.1 Å². The zero-order valence-electron chi connectivity index (χ0n) is 9.68. The van der Waals surface area contributed by atoms with E-state index in [4.69, 9.17) is 11.6 Å².